The summed E-state index contributed by atoms with van der Waals surface area (Å²) in [5, 5.41) is 0. The highest BCUT2D eigenvalue weighted by atomic mass is 16.5. The Bertz CT molecular complexity index is 642. The Kier molecular flexibility index (Phi) is 5.93. The van der Waals surface area contributed by atoms with Crippen LogP contribution in [-0.4, -0.2) is 55.7 Å². The fraction of sp³-hybridized carbons (Fsp3) is 0.739. The van der Waals surface area contributed by atoms with Crippen LogP contribution in [0.5, 0.6) is 11.5 Å². The lowest BCUT2D eigenvalue weighted by atomic mass is 9.78. The quantitative estimate of drug-likeness (QED) is 0.772. The molecule has 1 aromatic rings. The van der Waals surface area contributed by atoms with E-state index in [1.165, 1.54) is 70.1 Å². The fourth-order valence-corrected chi connectivity index (χ4v) is 6.02. The van der Waals surface area contributed by atoms with E-state index < -0.39 is 0 Å². The van der Waals surface area contributed by atoms with Crippen molar-refractivity contribution in [2.24, 2.45) is 5.92 Å². The molecule has 1 aromatic carbocycles. The number of nitrogens with zero attached hydrogens (tertiary/aromatic N) is 2. The van der Waals surface area contributed by atoms with Gasteiger partial charge in [-0.15, -0.1) is 0 Å². The normalized spacial score (nSPS) is 27.5. The summed E-state index contributed by atoms with van der Waals surface area (Å²) < 4.78 is 11.3. The summed E-state index contributed by atoms with van der Waals surface area (Å²) in [6, 6.07) is 5.80. The Morgan fingerprint density at radius 2 is 1.74 bits per heavy atom. The molecule has 0 radical (unpaired) electrons. The zero-order chi connectivity index (χ0) is 18.8. The van der Waals surface area contributed by atoms with Gasteiger partial charge in [0.05, 0.1) is 14.2 Å². The Balaban J connectivity index is 1.60. The van der Waals surface area contributed by atoms with Crippen molar-refractivity contribution in [3.63, 3.8) is 0 Å². The SMILES string of the molecule is COc1ccc(CN2CCN3CCC[C@H]3[C@H]2C2CCCCC2)c(OC)c1C. The molecule has 2 heterocycles. The highest BCUT2D eigenvalue weighted by Gasteiger charge is 2.43. The summed E-state index contributed by atoms with van der Waals surface area (Å²) in [5.41, 5.74) is 2.43. The van der Waals surface area contributed by atoms with Crippen molar-refractivity contribution in [3.05, 3.63) is 23.3 Å². The van der Waals surface area contributed by atoms with Crippen LogP contribution in [0.3, 0.4) is 0 Å². The molecule has 4 nitrogen and oxygen atoms in total. The maximum Gasteiger partial charge on any atom is 0.129 e. The maximum absolute atomic E-state index is 5.81. The molecule has 0 amide bonds. The van der Waals surface area contributed by atoms with Crippen LogP contribution in [0.25, 0.3) is 0 Å². The first-order valence-electron chi connectivity index (χ1n) is 10.9. The lowest BCUT2D eigenvalue weighted by molar-refractivity contribution is -0.00414. The summed E-state index contributed by atoms with van der Waals surface area (Å²) >= 11 is 0. The molecular formula is C23H36N2O2. The van der Waals surface area contributed by atoms with Crippen LogP contribution in [0.15, 0.2) is 12.1 Å². The first-order valence-corrected chi connectivity index (χ1v) is 10.9. The topological polar surface area (TPSA) is 24.9 Å². The van der Waals surface area contributed by atoms with Crippen LogP contribution in [-0.2, 0) is 6.54 Å². The predicted molar refractivity (Wildman–Crippen MR) is 110 cm³/mol. The number of piperazine rings is 1. The zero-order valence-electron chi connectivity index (χ0n) is 17.4. The third-order valence-electron chi connectivity index (χ3n) is 7.27. The molecule has 27 heavy (non-hydrogen) atoms. The van der Waals surface area contributed by atoms with Gasteiger partial charge in [0.2, 0.25) is 0 Å². The average molecular weight is 373 g/mol. The van der Waals surface area contributed by atoms with Crippen LogP contribution in [0.2, 0.25) is 0 Å². The molecule has 1 saturated carbocycles. The molecule has 4 rings (SSSR count). The number of rotatable bonds is 5. The summed E-state index contributed by atoms with van der Waals surface area (Å²) in [7, 11) is 3.53. The van der Waals surface area contributed by atoms with Crippen molar-refractivity contribution < 1.29 is 9.47 Å². The number of benzene rings is 1. The van der Waals surface area contributed by atoms with Gasteiger partial charge in [0, 0.05) is 42.8 Å². The van der Waals surface area contributed by atoms with Gasteiger partial charge in [0.1, 0.15) is 11.5 Å². The van der Waals surface area contributed by atoms with Gasteiger partial charge >= 0.3 is 0 Å². The summed E-state index contributed by atoms with van der Waals surface area (Å²) in [5.74, 6) is 2.79. The van der Waals surface area contributed by atoms with Crippen LogP contribution < -0.4 is 9.47 Å². The number of ether oxygens (including phenoxy) is 2. The molecular weight excluding hydrogens is 336 g/mol. The molecule has 0 N–H and O–H groups in total. The van der Waals surface area contributed by atoms with Crippen LogP contribution in [0, 0.1) is 12.8 Å². The van der Waals surface area contributed by atoms with Gasteiger partial charge in [0.15, 0.2) is 0 Å². The summed E-state index contributed by atoms with van der Waals surface area (Å²) in [6.07, 6.45) is 9.89. The lowest BCUT2D eigenvalue weighted by Crippen LogP contribution is -2.59. The highest BCUT2D eigenvalue weighted by molar-refractivity contribution is 5.49. The van der Waals surface area contributed by atoms with Crippen LogP contribution >= 0.6 is 0 Å². The molecule has 0 bridgehead atoms. The molecule has 2 atom stereocenters. The average Bonchev–Trinajstić information content (AvgIpc) is 3.17. The first-order chi connectivity index (χ1) is 13.2. The van der Waals surface area contributed by atoms with Crippen LogP contribution in [0.4, 0.5) is 0 Å². The molecule has 1 aliphatic carbocycles. The maximum atomic E-state index is 5.81. The second-order valence-corrected chi connectivity index (χ2v) is 8.69. The lowest BCUT2D eigenvalue weighted by Gasteiger charge is -2.49. The Labute approximate surface area is 164 Å². The Morgan fingerprint density at radius 1 is 0.926 bits per heavy atom. The minimum atomic E-state index is 0.716. The van der Waals surface area contributed by atoms with Gasteiger partial charge in [-0.1, -0.05) is 25.3 Å². The van der Waals surface area contributed by atoms with E-state index in [9.17, 15) is 0 Å². The smallest absolute Gasteiger partial charge is 0.129 e. The Morgan fingerprint density at radius 3 is 2.48 bits per heavy atom. The van der Waals surface area contributed by atoms with Crippen LogP contribution in [0.1, 0.15) is 56.1 Å². The number of fused-ring (bicyclic) bond motifs is 1. The first kappa shape index (κ1) is 19.1. The van der Waals surface area contributed by atoms with E-state index in [0.29, 0.717) is 6.04 Å². The largest absolute Gasteiger partial charge is 0.496 e. The van der Waals surface area contributed by atoms with E-state index in [1.807, 2.05) is 0 Å². The van der Waals surface area contributed by atoms with Crippen molar-refractivity contribution in [2.75, 3.05) is 33.9 Å². The van der Waals surface area contributed by atoms with Gasteiger partial charge in [0.25, 0.3) is 0 Å². The summed E-state index contributed by atoms with van der Waals surface area (Å²) in [6.45, 7) is 6.83. The minimum Gasteiger partial charge on any atom is -0.496 e. The van der Waals surface area contributed by atoms with E-state index in [1.54, 1.807) is 14.2 Å². The van der Waals surface area contributed by atoms with E-state index in [-0.39, 0.29) is 0 Å². The summed E-state index contributed by atoms with van der Waals surface area (Å²) in [4.78, 5) is 5.58. The fourth-order valence-electron chi connectivity index (χ4n) is 6.02. The van der Waals surface area contributed by atoms with Gasteiger partial charge in [-0.25, -0.2) is 0 Å². The van der Waals surface area contributed by atoms with Gasteiger partial charge in [-0.2, -0.15) is 0 Å². The van der Waals surface area contributed by atoms with Gasteiger partial charge in [-0.3, -0.25) is 9.80 Å². The number of hydrogen-bond donors (Lipinski definition) is 0. The van der Waals surface area contributed by atoms with Gasteiger partial charge < -0.3 is 9.47 Å². The number of methoxy groups -OCH3 is 2. The van der Waals surface area contributed by atoms with E-state index in [0.717, 1.165) is 35.6 Å². The molecule has 0 unspecified atom stereocenters. The molecule has 3 aliphatic rings. The second kappa shape index (κ2) is 8.40. The molecule has 150 valence electrons. The third kappa shape index (κ3) is 3.71. The second-order valence-electron chi connectivity index (χ2n) is 8.69. The molecule has 0 aromatic heterocycles. The van der Waals surface area contributed by atoms with E-state index in [2.05, 4.69) is 28.9 Å². The highest BCUT2D eigenvalue weighted by Crippen LogP contribution is 2.39. The monoisotopic (exact) mass is 372 g/mol. The van der Waals surface area contributed by atoms with Crippen molar-refractivity contribution in [2.45, 2.75) is 70.5 Å². The van der Waals surface area contributed by atoms with Crippen molar-refractivity contribution >= 4 is 0 Å². The molecule has 4 heteroatoms. The molecule has 0 spiro atoms. The standard InChI is InChI=1S/C23H36N2O2/c1-17-21(26-2)12-11-19(23(17)27-3)16-25-15-14-24-13-7-10-20(24)22(25)18-8-5-4-6-9-18/h11-12,18,20,22H,4-10,13-16H2,1-3H3/t20-,22+/m0/s1. The molecule has 2 saturated heterocycles. The van der Waals surface area contributed by atoms with Crippen molar-refractivity contribution in [1.29, 1.82) is 0 Å². The molecule has 2 aliphatic heterocycles. The van der Waals surface area contributed by atoms with Crippen molar-refractivity contribution in [3.8, 4) is 11.5 Å². The zero-order valence-corrected chi connectivity index (χ0v) is 17.4. The minimum absolute atomic E-state index is 0.716. The third-order valence-corrected chi connectivity index (χ3v) is 7.27. The van der Waals surface area contributed by atoms with Gasteiger partial charge in [-0.05, 0) is 51.1 Å². The van der Waals surface area contributed by atoms with E-state index in [4.69, 9.17) is 9.47 Å². The number of hydrogen-bond acceptors (Lipinski definition) is 4. The predicted octanol–water partition coefficient (Wildman–Crippen LogP) is 4.24. The molecule has 3 fully saturated rings. The van der Waals surface area contributed by atoms with Crippen molar-refractivity contribution in [1.82, 2.24) is 9.80 Å². The van der Waals surface area contributed by atoms with E-state index >= 15 is 0 Å². The Hall–Kier alpha value is -1.26.